The van der Waals surface area contributed by atoms with Gasteiger partial charge in [0.25, 0.3) is 5.91 Å². The number of benzene rings is 1. The molecule has 1 aliphatic heterocycles. The van der Waals surface area contributed by atoms with Crippen LogP contribution in [0, 0.1) is 0 Å². The second-order valence-electron chi connectivity index (χ2n) is 5.02. The second kappa shape index (κ2) is 6.09. The molecule has 110 valence electrons. The van der Waals surface area contributed by atoms with Gasteiger partial charge in [-0.25, -0.2) is 4.98 Å². The molecule has 1 amide bonds. The van der Waals surface area contributed by atoms with E-state index in [-0.39, 0.29) is 18.6 Å². The maximum atomic E-state index is 12.3. The Labute approximate surface area is 130 Å². The van der Waals surface area contributed by atoms with Crippen LogP contribution in [-0.4, -0.2) is 41.4 Å². The minimum Gasteiger partial charge on any atom is -0.389 e. The standard InChI is InChI=1S/C15H15BrN2O3/c16-10-7-13(17-11-4-2-1-3-9(10)11)15(20)18-12-5-6-21-8-14(12)19/h1-4,7,12,14,19H,5-6,8H2,(H,18,20). The number of fused-ring (bicyclic) bond motifs is 1. The summed E-state index contributed by atoms with van der Waals surface area (Å²) in [6.07, 6.45) is -0.0756. The molecule has 1 aliphatic rings. The molecule has 1 aromatic heterocycles. The molecule has 1 fully saturated rings. The van der Waals surface area contributed by atoms with Crippen LogP contribution in [0.3, 0.4) is 0 Å². The Morgan fingerprint density at radius 3 is 3.05 bits per heavy atom. The minimum atomic E-state index is -0.674. The average Bonchev–Trinajstić information content (AvgIpc) is 2.49. The maximum Gasteiger partial charge on any atom is 0.270 e. The maximum absolute atomic E-state index is 12.3. The van der Waals surface area contributed by atoms with Gasteiger partial charge in [0.2, 0.25) is 0 Å². The van der Waals surface area contributed by atoms with Crippen molar-refractivity contribution in [1.29, 1.82) is 0 Å². The van der Waals surface area contributed by atoms with Crippen molar-refractivity contribution in [2.45, 2.75) is 18.6 Å². The average molecular weight is 351 g/mol. The Bertz CT molecular complexity index is 677. The lowest BCUT2D eigenvalue weighted by Crippen LogP contribution is -2.48. The number of halogens is 1. The molecule has 2 N–H and O–H groups in total. The summed E-state index contributed by atoms with van der Waals surface area (Å²) in [4.78, 5) is 16.7. The van der Waals surface area contributed by atoms with Crippen LogP contribution >= 0.6 is 15.9 Å². The Morgan fingerprint density at radius 1 is 1.43 bits per heavy atom. The Balaban J connectivity index is 1.84. The number of amides is 1. The van der Waals surface area contributed by atoms with E-state index < -0.39 is 6.10 Å². The number of aliphatic hydroxyl groups is 1. The number of carbonyl (C=O) groups is 1. The van der Waals surface area contributed by atoms with Crippen LogP contribution in [0.1, 0.15) is 16.9 Å². The first-order valence-corrected chi connectivity index (χ1v) is 7.56. The van der Waals surface area contributed by atoms with Gasteiger partial charge in [0, 0.05) is 16.5 Å². The van der Waals surface area contributed by atoms with Crippen molar-refractivity contribution in [3.63, 3.8) is 0 Å². The van der Waals surface area contributed by atoms with Crippen LogP contribution in [0.25, 0.3) is 10.9 Å². The van der Waals surface area contributed by atoms with E-state index in [4.69, 9.17) is 4.74 Å². The van der Waals surface area contributed by atoms with E-state index >= 15 is 0 Å². The fourth-order valence-corrected chi connectivity index (χ4v) is 2.93. The zero-order valence-corrected chi connectivity index (χ0v) is 12.8. The smallest absolute Gasteiger partial charge is 0.270 e. The molecule has 1 saturated heterocycles. The van der Waals surface area contributed by atoms with Gasteiger partial charge < -0.3 is 15.2 Å². The monoisotopic (exact) mass is 350 g/mol. The molecule has 6 heteroatoms. The second-order valence-corrected chi connectivity index (χ2v) is 5.87. The van der Waals surface area contributed by atoms with E-state index in [1.54, 1.807) is 6.07 Å². The fraction of sp³-hybridized carbons (Fsp3) is 0.333. The van der Waals surface area contributed by atoms with Gasteiger partial charge in [0.05, 0.1) is 24.3 Å². The van der Waals surface area contributed by atoms with Crippen LogP contribution in [-0.2, 0) is 4.74 Å². The minimum absolute atomic E-state index is 0.250. The third-order valence-electron chi connectivity index (χ3n) is 3.54. The van der Waals surface area contributed by atoms with Crippen LogP contribution in [0.5, 0.6) is 0 Å². The Morgan fingerprint density at radius 2 is 2.24 bits per heavy atom. The number of nitrogens with zero attached hydrogens (tertiary/aromatic N) is 1. The largest absolute Gasteiger partial charge is 0.389 e. The molecule has 5 nitrogen and oxygen atoms in total. The number of para-hydroxylation sites is 1. The molecule has 2 heterocycles. The number of hydrogen-bond acceptors (Lipinski definition) is 4. The van der Waals surface area contributed by atoms with Crippen LogP contribution in [0.2, 0.25) is 0 Å². The molecule has 0 saturated carbocycles. The molecule has 0 aliphatic carbocycles. The number of aromatic nitrogens is 1. The van der Waals surface area contributed by atoms with Gasteiger partial charge >= 0.3 is 0 Å². The van der Waals surface area contributed by atoms with Crippen molar-refractivity contribution in [1.82, 2.24) is 10.3 Å². The zero-order chi connectivity index (χ0) is 14.8. The summed E-state index contributed by atoms with van der Waals surface area (Å²) in [5, 5.41) is 13.6. The topological polar surface area (TPSA) is 71.5 Å². The molecule has 0 bridgehead atoms. The predicted octanol–water partition coefficient (Wildman–Crippen LogP) is 1.88. The zero-order valence-electron chi connectivity index (χ0n) is 11.3. The van der Waals surface area contributed by atoms with Crippen LogP contribution < -0.4 is 5.32 Å². The molecule has 3 rings (SSSR count). The normalized spacial score (nSPS) is 22.2. The lowest BCUT2D eigenvalue weighted by Gasteiger charge is -2.28. The lowest BCUT2D eigenvalue weighted by atomic mass is 10.1. The summed E-state index contributed by atoms with van der Waals surface area (Å²) < 4.78 is 5.98. The van der Waals surface area contributed by atoms with Crippen molar-refractivity contribution < 1.29 is 14.6 Å². The van der Waals surface area contributed by atoms with Gasteiger partial charge in [-0.1, -0.05) is 34.1 Å². The highest BCUT2D eigenvalue weighted by atomic mass is 79.9. The van der Waals surface area contributed by atoms with Gasteiger partial charge in [0.1, 0.15) is 5.69 Å². The summed E-state index contributed by atoms with van der Waals surface area (Å²) in [6, 6.07) is 9.01. The number of carbonyl (C=O) groups excluding carboxylic acids is 1. The van der Waals surface area contributed by atoms with Gasteiger partial charge in [-0.05, 0) is 18.6 Å². The lowest BCUT2D eigenvalue weighted by molar-refractivity contribution is -0.0261. The summed E-state index contributed by atoms with van der Waals surface area (Å²) in [5.74, 6) is -0.285. The Hall–Kier alpha value is -1.50. The van der Waals surface area contributed by atoms with Crippen LogP contribution in [0.4, 0.5) is 0 Å². The molecule has 1 aromatic carbocycles. The summed E-state index contributed by atoms with van der Waals surface area (Å²) in [5.41, 5.74) is 1.09. The highest BCUT2D eigenvalue weighted by molar-refractivity contribution is 9.10. The third-order valence-corrected chi connectivity index (χ3v) is 4.20. The van der Waals surface area contributed by atoms with E-state index in [0.29, 0.717) is 18.7 Å². The van der Waals surface area contributed by atoms with Gasteiger partial charge in [-0.3, -0.25) is 4.79 Å². The van der Waals surface area contributed by atoms with Crippen molar-refractivity contribution in [3.05, 3.63) is 40.5 Å². The number of nitrogens with one attached hydrogen (secondary N) is 1. The summed E-state index contributed by atoms with van der Waals surface area (Å²) in [7, 11) is 0. The summed E-state index contributed by atoms with van der Waals surface area (Å²) in [6.45, 7) is 0.788. The molecule has 21 heavy (non-hydrogen) atoms. The molecule has 0 radical (unpaired) electrons. The fourth-order valence-electron chi connectivity index (χ4n) is 2.38. The quantitative estimate of drug-likeness (QED) is 0.867. The molecular formula is C15H15BrN2O3. The molecular weight excluding hydrogens is 336 g/mol. The predicted molar refractivity (Wildman–Crippen MR) is 82.1 cm³/mol. The van der Waals surface area contributed by atoms with Crippen molar-refractivity contribution >= 4 is 32.7 Å². The molecule has 2 atom stereocenters. The van der Waals surface area contributed by atoms with E-state index in [1.165, 1.54) is 0 Å². The highest BCUT2D eigenvalue weighted by Crippen LogP contribution is 2.23. The van der Waals surface area contributed by atoms with Gasteiger partial charge in [-0.2, -0.15) is 0 Å². The number of hydrogen-bond donors (Lipinski definition) is 2. The molecule has 0 spiro atoms. The molecule has 2 aromatic rings. The van der Waals surface area contributed by atoms with Gasteiger partial charge in [-0.15, -0.1) is 0 Å². The SMILES string of the molecule is O=C(NC1CCOCC1O)c1cc(Br)c2ccccc2n1. The molecule has 2 unspecified atom stereocenters. The number of aliphatic hydroxyl groups excluding tert-OH is 1. The van der Waals surface area contributed by atoms with Crippen molar-refractivity contribution in [3.8, 4) is 0 Å². The highest BCUT2D eigenvalue weighted by Gasteiger charge is 2.26. The number of pyridine rings is 1. The van der Waals surface area contributed by atoms with Crippen molar-refractivity contribution in [2.75, 3.05) is 13.2 Å². The van der Waals surface area contributed by atoms with Gasteiger partial charge in [0.15, 0.2) is 0 Å². The Kier molecular flexibility index (Phi) is 4.19. The van der Waals surface area contributed by atoms with E-state index in [0.717, 1.165) is 15.4 Å². The van der Waals surface area contributed by atoms with E-state index in [9.17, 15) is 9.90 Å². The first-order chi connectivity index (χ1) is 10.1. The van der Waals surface area contributed by atoms with E-state index in [2.05, 4.69) is 26.2 Å². The van der Waals surface area contributed by atoms with Crippen molar-refractivity contribution in [2.24, 2.45) is 0 Å². The summed E-state index contributed by atoms with van der Waals surface area (Å²) >= 11 is 3.46. The van der Waals surface area contributed by atoms with Crippen LogP contribution in [0.15, 0.2) is 34.8 Å². The first-order valence-electron chi connectivity index (χ1n) is 6.77. The third kappa shape index (κ3) is 3.07. The number of ether oxygens (including phenoxy) is 1. The van der Waals surface area contributed by atoms with E-state index in [1.807, 2.05) is 24.3 Å². The first kappa shape index (κ1) is 14.4. The number of rotatable bonds is 2.